The number of nitrogens with zero attached hydrogens (tertiary/aromatic N) is 4. The van der Waals surface area contributed by atoms with Crippen molar-refractivity contribution < 1.29 is 9.53 Å². The maximum atomic E-state index is 12.4. The summed E-state index contributed by atoms with van der Waals surface area (Å²) < 4.78 is 7.60. The molecule has 0 radical (unpaired) electrons. The number of nitrogens with one attached hydrogen (secondary N) is 1. The quantitative estimate of drug-likeness (QED) is 0.715. The van der Waals surface area contributed by atoms with Gasteiger partial charge < -0.3 is 10.1 Å². The van der Waals surface area contributed by atoms with Gasteiger partial charge in [-0.1, -0.05) is 30.3 Å². The summed E-state index contributed by atoms with van der Waals surface area (Å²) in [7, 11) is 0. The third-order valence-electron chi connectivity index (χ3n) is 4.69. The lowest BCUT2D eigenvalue weighted by molar-refractivity contribution is -0.121. The topological polar surface area (TPSA) is 72.3 Å². The highest BCUT2D eigenvalue weighted by atomic mass is 16.5. The zero-order valence-corrected chi connectivity index (χ0v) is 15.6. The van der Waals surface area contributed by atoms with Crippen LogP contribution >= 0.6 is 0 Å². The number of imidazole rings is 1. The van der Waals surface area contributed by atoms with Crippen LogP contribution in [0.15, 0.2) is 67.4 Å². The molecule has 0 spiro atoms. The molecule has 1 aromatic carbocycles. The van der Waals surface area contributed by atoms with E-state index in [0.717, 1.165) is 25.5 Å². The zero-order valence-electron chi connectivity index (χ0n) is 15.6. The predicted molar refractivity (Wildman–Crippen MR) is 106 cm³/mol. The van der Waals surface area contributed by atoms with Crippen molar-refractivity contribution in [1.29, 1.82) is 0 Å². The monoisotopic (exact) mass is 377 g/mol. The first-order chi connectivity index (χ1) is 13.8. The number of pyridine rings is 1. The molecular formula is C21H23N5O2. The van der Waals surface area contributed by atoms with Crippen molar-refractivity contribution in [2.24, 2.45) is 0 Å². The summed E-state index contributed by atoms with van der Waals surface area (Å²) in [6.07, 6.45) is 7.08. The van der Waals surface area contributed by atoms with Gasteiger partial charge in [-0.05, 0) is 17.7 Å². The van der Waals surface area contributed by atoms with E-state index in [1.807, 2.05) is 41.1 Å². The zero-order chi connectivity index (χ0) is 19.2. The van der Waals surface area contributed by atoms with Gasteiger partial charge in [0.15, 0.2) is 0 Å². The number of amides is 1. The molecule has 3 aromatic rings. The van der Waals surface area contributed by atoms with E-state index < -0.39 is 0 Å². The largest absolute Gasteiger partial charge is 0.375 e. The number of aromatic nitrogens is 3. The molecule has 28 heavy (non-hydrogen) atoms. The second-order valence-electron chi connectivity index (χ2n) is 6.84. The average Bonchev–Trinajstić information content (AvgIpc) is 3.24. The van der Waals surface area contributed by atoms with E-state index in [0.29, 0.717) is 18.7 Å². The van der Waals surface area contributed by atoms with Gasteiger partial charge in [0, 0.05) is 32.0 Å². The Morgan fingerprint density at radius 2 is 2.11 bits per heavy atom. The smallest absolute Gasteiger partial charge is 0.227 e. The van der Waals surface area contributed by atoms with Crippen LogP contribution in [0.4, 0.5) is 5.69 Å². The molecule has 1 atom stereocenters. The first-order valence-electron chi connectivity index (χ1n) is 9.38. The van der Waals surface area contributed by atoms with Crippen molar-refractivity contribution >= 4 is 11.6 Å². The molecule has 1 unspecified atom stereocenters. The molecule has 1 fully saturated rings. The Balaban J connectivity index is 1.28. The molecule has 2 aromatic heterocycles. The molecule has 1 aliphatic heterocycles. The van der Waals surface area contributed by atoms with Crippen LogP contribution in [0.1, 0.15) is 12.0 Å². The fourth-order valence-corrected chi connectivity index (χ4v) is 3.32. The first kappa shape index (κ1) is 18.3. The Bertz CT molecular complexity index is 881. The van der Waals surface area contributed by atoms with Gasteiger partial charge in [0.25, 0.3) is 0 Å². The van der Waals surface area contributed by atoms with Crippen LogP contribution in [0, 0.1) is 0 Å². The second kappa shape index (κ2) is 8.77. The van der Waals surface area contributed by atoms with Crippen molar-refractivity contribution in [3.05, 3.63) is 72.9 Å². The third kappa shape index (κ3) is 4.82. The molecule has 0 saturated carbocycles. The second-order valence-corrected chi connectivity index (χ2v) is 6.84. The van der Waals surface area contributed by atoms with Crippen LogP contribution in [-0.2, 0) is 16.1 Å². The molecule has 7 heteroatoms. The minimum atomic E-state index is -0.101. The summed E-state index contributed by atoms with van der Waals surface area (Å²) in [6.45, 7) is 3.15. The van der Waals surface area contributed by atoms with Gasteiger partial charge >= 0.3 is 0 Å². The Morgan fingerprint density at radius 3 is 2.86 bits per heavy atom. The van der Waals surface area contributed by atoms with Crippen molar-refractivity contribution in [1.82, 2.24) is 19.4 Å². The van der Waals surface area contributed by atoms with E-state index in [1.165, 1.54) is 5.56 Å². The van der Waals surface area contributed by atoms with Crippen LogP contribution in [-0.4, -0.2) is 51.1 Å². The van der Waals surface area contributed by atoms with E-state index in [-0.39, 0.29) is 12.0 Å². The Kier molecular flexibility index (Phi) is 5.75. The first-order valence-corrected chi connectivity index (χ1v) is 9.38. The number of morpholine rings is 1. The van der Waals surface area contributed by atoms with Gasteiger partial charge in [-0.3, -0.25) is 14.3 Å². The molecule has 1 N–H and O–H groups in total. The number of anilines is 1. The number of hydrogen-bond donors (Lipinski definition) is 1. The Labute approximate surface area is 164 Å². The molecule has 4 rings (SSSR count). The number of carbonyl (C=O) groups excluding carboxylic acids is 1. The van der Waals surface area contributed by atoms with Gasteiger partial charge in [-0.2, -0.15) is 0 Å². The summed E-state index contributed by atoms with van der Waals surface area (Å²) >= 11 is 0. The summed E-state index contributed by atoms with van der Waals surface area (Å²) in [6, 6.07) is 14.0. The number of carbonyl (C=O) groups is 1. The van der Waals surface area contributed by atoms with Crippen molar-refractivity contribution in [2.75, 3.05) is 25.0 Å². The predicted octanol–water partition coefficient (Wildman–Crippen LogP) is 2.50. The summed E-state index contributed by atoms with van der Waals surface area (Å²) in [5.74, 6) is 0.686. The average molecular weight is 377 g/mol. The minimum Gasteiger partial charge on any atom is -0.375 e. The van der Waals surface area contributed by atoms with Gasteiger partial charge in [-0.25, -0.2) is 9.97 Å². The molecule has 0 aliphatic carbocycles. The number of ether oxygens (including phenoxy) is 1. The van der Waals surface area contributed by atoms with Crippen LogP contribution < -0.4 is 5.32 Å². The van der Waals surface area contributed by atoms with Crippen LogP contribution in [0.5, 0.6) is 0 Å². The Hall–Kier alpha value is -3.03. The van der Waals surface area contributed by atoms with Crippen molar-refractivity contribution in [3.63, 3.8) is 0 Å². The standard InChI is InChI=1S/C21H23N5O2/c27-21(24-18-6-7-20(23-13-18)26-9-8-22-16-26)12-19-15-25(10-11-28-19)14-17-4-2-1-3-5-17/h1-9,13,16,19H,10-12,14-15H2,(H,24,27). The van der Waals surface area contributed by atoms with E-state index in [9.17, 15) is 4.79 Å². The van der Waals surface area contributed by atoms with E-state index in [1.54, 1.807) is 18.7 Å². The number of hydrogen-bond acceptors (Lipinski definition) is 5. The maximum Gasteiger partial charge on any atom is 0.227 e. The lowest BCUT2D eigenvalue weighted by Crippen LogP contribution is -2.43. The fourth-order valence-electron chi connectivity index (χ4n) is 3.32. The highest BCUT2D eigenvalue weighted by molar-refractivity contribution is 5.90. The molecule has 3 heterocycles. The Morgan fingerprint density at radius 1 is 1.21 bits per heavy atom. The molecular weight excluding hydrogens is 354 g/mol. The lowest BCUT2D eigenvalue weighted by Gasteiger charge is -2.32. The van der Waals surface area contributed by atoms with Crippen molar-refractivity contribution in [3.8, 4) is 5.82 Å². The van der Waals surface area contributed by atoms with Gasteiger partial charge in [0.1, 0.15) is 12.1 Å². The van der Waals surface area contributed by atoms with E-state index >= 15 is 0 Å². The van der Waals surface area contributed by atoms with Crippen LogP contribution in [0.3, 0.4) is 0 Å². The van der Waals surface area contributed by atoms with Crippen LogP contribution in [0.25, 0.3) is 5.82 Å². The number of benzene rings is 1. The summed E-state index contributed by atoms with van der Waals surface area (Å²) in [5.41, 5.74) is 1.95. The highest BCUT2D eigenvalue weighted by Crippen LogP contribution is 2.14. The minimum absolute atomic E-state index is 0.0660. The normalized spacial score (nSPS) is 17.4. The molecule has 144 valence electrons. The molecule has 1 amide bonds. The molecule has 7 nitrogen and oxygen atoms in total. The summed E-state index contributed by atoms with van der Waals surface area (Å²) in [4.78, 5) is 23.1. The van der Waals surface area contributed by atoms with Gasteiger partial charge in [0.05, 0.1) is 31.0 Å². The summed E-state index contributed by atoms with van der Waals surface area (Å²) in [5, 5.41) is 2.90. The third-order valence-corrected chi connectivity index (χ3v) is 4.69. The van der Waals surface area contributed by atoms with Gasteiger partial charge in [0.2, 0.25) is 5.91 Å². The lowest BCUT2D eigenvalue weighted by atomic mass is 10.1. The molecule has 1 saturated heterocycles. The molecule has 1 aliphatic rings. The van der Waals surface area contributed by atoms with Gasteiger partial charge in [-0.15, -0.1) is 0 Å². The van der Waals surface area contributed by atoms with E-state index in [2.05, 4.69) is 32.3 Å². The SMILES string of the molecule is O=C(CC1CN(Cc2ccccc2)CCO1)Nc1ccc(-n2ccnc2)nc1. The number of rotatable bonds is 6. The van der Waals surface area contributed by atoms with Crippen molar-refractivity contribution in [2.45, 2.75) is 19.1 Å². The molecule has 0 bridgehead atoms. The van der Waals surface area contributed by atoms with Crippen LogP contribution in [0.2, 0.25) is 0 Å². The fraction of sp³-hybridized carbons (Fsp3) is 0.286. The highest BCUT2D eigenvalue weighted by Gasteiger charge is 2.23. The maximum absolute atomic E-state index is 12.4. The van der Waals surface area contributed by atoms with E-state index in [4.69, 9.17) is 4.74 Å².